The zero-order valence-electron chi connectivity index (χ0n) is 16.5. The van der Waals surface area contributed by atoms with E-state index < -0.39 is 5.91 Å². The molecule has 3 N–H and O–H groups in total. The number of nitrogens with zero attached hydrogens (tertiary/aromatic N) is 1. The fraction of sp³-hybridized carbons (Fsp3) is 0.238. The normalized spacial score (nSPS) is 12.3. The monoisotopic (exact) mass is 435 g/mol. The van der Waals surface area contributed by atoms with E-state index in [9.17, 15) is 4.79 Å². The van der Waals surface area contributed by atoms with Gasteiger partial charge in [-0.1, -0.05) is 65.6 Å². The van der Waals surface area contributed by atoms with Crippen LogP contribution in [0.15, 0.2) is 53.2 Å². The third-order valence-electron chi connectivity index (χ3n) is 4.37. The summed E-state index contributed by atoms with van der Waals surface area (Å²) in [4.78, 5) is 22.5. The Hall–Kier alpha value is -2.54. The van der Waals surface area contributed by atoms with E-state index in [1.165, 1.54) is 14.2 Å². The van der Waals surface area contributed by atoms with Crippen LogP contribution < -0.4 is 11.2 Å². The van der Waals surface area contributed by atoms with E-state index in [4.69, 9.17) is 38.8 Å². The molecule has 0 aliphatic carbocycles. The van der Waals surface area contributed by atoms with Gasteiger partial charge in [-0.2, -0.15) is 5.90 Å². The highest BCUT2D eigenvalue weighted by Gasteiger charge is 2.22. The molecule has 2 aromatic carbocycles. The Kier molecular flexibility index (Phi) is 8.51. The molecule has 6 nitrogen and oxygen atoms in total. The zero-order chi connectivity index (χ0) is 21.4. The molecule has 0 fully saturated rings. The maximum atomic E-state index is 12.3. The molecular formula is C21H23Cl2N3O3. The third-order valence-corrected chi connectivity index (χ3v) is 5.08. The Morgan fingerprint density at radius 3 is 2.24 bits per heavy atom. The van der Waals surface area contributed by atoms with E-state index >= 15 is 0 Å². The molecule has 0 unspecified atom stereocenters. The fourth-order valence-corrected chi connectivity index (χ4v) is 3.46. The number of halogens is 2. The maximum Gasteiger partial charge on any atom is 0.273 e. The number of likely N-dealkylation sites (N-methyl/N-ethyl adjacent to an activating group) is 1. The van der Waals surface area contributed by atoms with Crippen LogP contribution in [-0.4, -0.2) is 25.8 Å². The summed E-state index contributed by atoms with van der Waals surface area (Å²) in [6.07, 6.45) is 1.06. The number of amides is 1. The number of hydrogen-bond acceptors (Lipinski definition) is 5. The second kappa shape index (κ2) is 10.9. The van der Waals surface area contributed by atoms with Gasteiger partial charge in [0, 0.05) is 34.6 Å². The SMILES string of the molecule is CC/C(Cc1c(Cl)cccc1Cl)=C(\ON)c1ccccc1C(=NOC)C(=O)NC. The molecular weight excluding hydrogens is 413 g/mol. The maximum absolute atomic E-state index is 12.3. The highest BCUT2D eigenvalue weighted by atomic mass is 35.5. The molecule has 0 heterocycles. The summed E-state index contributed by atoms with van der Waals surface area (Å²) in [5.41, 5.74) is 2.87. The minimum absolute atomic E-state index is 0.103. The quantitative estimate of drug-likeness (QED) is 0.366. The van der Waals surface area contributed by atoms with E-state index in [1.54, 1.807) is 36.4 Å². The average Bonchev–Trinajstić information content (AvgIpc) is 2.73. The predicted molar refractivity (Wildman–Crippen MR) is 117 cm³/mol. The summed E-state index contributed by atoms with van der Waals surface area (Å²) in [5.74, 6) is 5.69. The van der Waals surface area contributed by atoms with Gasteiger partial charge in [-0.3, -0.25) is 4.79 Å². The van der Waals surface area contributed by atoms with Crippen LogP contribution in [0.25, 0.3) is 5.76 Å². The highest BCUT2D eigenvalue weighted by Crippen LogP contribution is 2.32. The summed E-state index contributed by atoms with van der Waals surface area (Å²) in [6.45, 7) is 1.98. The predicted octanol–water partition coefficient (Wildman–Crippen LogP) is 4.34. The second-order valence-corrected chi connectivity index (χ2v) is 6.84. The average molecular weight is 436 g/mol. The highest BCUT2D eigenvalue weighted by molar-refractivity contribution is 6.45. The minimum atomic E-state index is -0.400. The summed E-state index contributed by atoms with van der Waals surface area (Å²) in [6, 6.07) is 12.5. The molecule has 0 aliphatic heterocycles. The molecule has 8 heteroatoms. The lowest BCUT2D eigenvalue weighted by Gasteiger charge is -2.17. The summed E-state index contributed by atoms with van der Waals surface area (Å²) >= 11 is 12.7. The van der Waals surface area contributed by atoms with Gasteiger partial charge in [0.15, 0.2) is 11.5 Å². The molecule has 0 saturated heterocycles. The first-order valence-electron chi connectivity index (χ1n) is 8.93. The van der Waals surface area contributed by atoms with E-state index in [2.05, 4.69) is 10.5 Å². The van der Waals surface area contributed by atoms with Crippen molar-refractivity contribution in [1.29, 1.82) is 0 Å². The molecule has 29 heavy (non-hydrogen) atoms. The van der Waals surface area contributed by atoms with E-state index in [-0.39, 0.29) is 5.71 Å². The van der Waals surface area contributed by atoms with Crippen LogP contribution in [0.2, 0.25) is 10.0 Å². The Labute approximate surface area is 180 Å². The zero-order valence-corrected chi connectivity index (χ0v) is 18.0. The van der Waals surface area contributed by atoms with Gasteiger partial charge in [-0.05, 0) is 29.7 Å². The van der Waals surface area contributed by atoms with E-state index in [0.717, 1.165) is 11.1 Å². The Morgan fingerprint density at radius 1 is 1.10 bits per heavy atom. The van der Waals surface area contributed by atoms with Crippen molar-refractivity contribution in [3.63, 3.8) is 0 Å². The Morgan fingerprint density at radius 2 is 1.72 bits per heavy atom. The molecule has 0 atom stereocenters. The fourth-order valence-electron chi connectivity index (χ4n) is 2.93. The van der Waals surface area contributed by atoms with Crippen LogP contribution in [0.4, 0.5) is 0 Å². The van der Waals surface area contributed by atoms with Crippen molar-refractivity contribution in [3.8, 4) is 0 Å². The molecule has 0 saturated carbocycles. The molecule has 2 aromatic rings. The van der Waals surface area contributed by atoms with Gasteiger partial charge in [0.25, 0.3) is 5.91 Å². The number of benzene rings is 2. The first-order chi connectivity index (χ1) is 14.0. The molecule has 0 aromatic heterocycles. The number of rotatable bonds is 8. The van der Waals surface area contributed by atoms with Crippen molar-refractivity contribution in [2.75, 3.05) is 14.2 Å². The van der Waals surface area contributed by atoms with Crippen LogP contribution in [0.3, 0.4) is 0 Å². The van der Waals surface area contributed by atoms with Crippen molar-refractivity contribution in [2.45, 2.75) is 19.8 Å². The number of hydrogen-bond donors (Lipinski definition) is 2. The van der Waals surface area contributed by atoms with E-state index in [1.807, 2.05) is 13.0 Å². The smallest absolute Gasteiger partial charge is 0.273 e. The number of carbonyl (C=O) groups is 1. The molecule has 0 aliphatic rings. The molecule has 0 bridgehead atoms. The second-order valence-electron chi connectivity index (χ2n) is 6.03. The van der Waals surface area contributed by atoms with Crippen LogP contribution in [0.5, 0.6) is 0 Å². The van der Waals surface area contributed by atoms with Crippen molar-refractivity contribution in [1.82, 2.24) is 5.32 Å². The van der Waals surface area contributed by atoms with Gasteiger partial charge in [0.05, 0.1) is 0 Å². The van der Waals surface area contributed by atoms with Crippen molar-refractivity contribution in [3.05, 3.63) is 74.8 Å². The van der Waals surface area contributed by atoms with Crippen molar-refractivity contribution in [2.24, 2.45) is 11.1 Å². The number of carbonyl (C=O) groups excluding carboxylic acids is 1. The number of allylic oxidation sites excluding steroid dienone is 1. The van der Waals surface area contributed by atoms with Crippen LogP contribution in [0.1, 0.15) is 30.0 Å². The molecule has 1 amide bonds. The number of oxime groups is 1. The first kappa shape index (κ1) is 22.7. The van der Waals surface area contributed by atoms with Gasteiger partial charge in [0.2, 0.25) is 0 Å². The lowest BCUT2D eigenvalue weighted by Crippen LogP contribution is -2.29. The van der Waals surface area contributed by atoms with Crippen LogP contribution >= 0.6 is 23.2 Å². The summed E-state index contributed by atoms with van der Waals surface area (Å²) in [7, 11) is 2.89. The number of nitrogens with two attached hydrogens (primary N) is 1. The lowest BCUT2D eigenvalue weighted by molar-refractivity contribution is -0.114. The Bertz CT molecular complexity index is 922. The molecule has 0 spiro atoms. The topological polar surface area (TPSA) is 85.9 Å². The van der Waals surface area contributed by atoms with Gasteiger partial charge in [0.1, 0.15) is 7.11 Å². The summed E-state index contributed by atoms with van der Waals surface area (Å²) < 4.78 is 0. The van der Waals surface area contributed by atoms with Gasteiger partial charge in [-0.15, -0.1) is 0 Å². The van der Waals surface area contributed by atoms with Crippen LogP contribution in [0, 0.1) is 0 Å². The van der Waals surface area contributed by atoms with Crippen molar-refractivity contribution >= 4 is 40.6 Å². The van der Waals surface area contributed by atoms with E-state index in [0.29, 0.717) is 39.8 Å². The first-order valence-corrected chi connectivity index (χ1v) is 9.68. The standard InChI is InChI=1S/C21H23Cl2N3O3/c1-4-13(12-16-17(22)10-7-11-18(16)23)20(29-24)15-9-6-5-8-14(15)19(26-28-3)21(27)25-2/h5-11H,4,12,24H2,1-3H3,(H,25,27)/b20-13+,26-19?. The summed E-state index contributed by atoms with van der Waals surface area (Å²) in [5, 5.41) is 7.55. The minimum Gasteiger partial charge on any atom is -0.411 e. The van der Waals surface area contributed by atoms with Crippen molar-refractivity contribution < 1.29 is 14.5 Å². The molecule has 0 radical (unpaired) electrons. The van der Waals surface area contributed by atoms with Crippen LogP contribution in [-0.2, 0) is 20.9 Å². The molecule has 2 rings (SSSR count). The Balaban J connectivity index is 2.66. The third kappa shape index (κ3) is 5.29. The van der Waals surface area contributed by atoms with Gasteiger partial charge < -0.3 is 15.0 Å². The number of nitrogens with one attached hydrogen (secondary N) is 1. The van der Waals surface area contributed by atoms with Gasteiger partial charge >= 0.3 is 0 Å². The largest absolute Gasteiger partial charge is 0.411 e. The van der Waals surface area contributed by atoms with Gasteiger partial charge in [-0.25, -0.2) is 0 Å². The lowest BCUT2D eigenvalue weighted by atomic mass is 9.94. The molecule has 154 valence electrons.